The van der Waals surface area contributed by atoms with Crippen molar-refractivity contribution >= 4 is 0 Å². The van der Waals surface area contributed by atoms with E-state index in [1.54, 1.807) is 0 Å². The minimum absolute atomic E-state index is 0.261. The van der Waals surface area contributed by atoms with Gasteiger partial charge in [0.1, 0.15) is 0 Å². The lowest BCUT2D eigenvalue weighted by atomic mass is 9.98. The van der Waals surface area contributed by atoms with Crippen LogP contribution in [-0.4, -0.2) is 15.3 Å². The van der Waals surface area contributed by atoms with Crippen LogP contribution >= 0.6 is 0 Å². The highest BCUT2D eigenvalue weighted by Gasteiger charge is 2.11. The average molecular weight is 182 g/mol. The number of phenolic OH excluding ortho intramolecular Hbond substituents is 3. The molecule has 3 heteroatoms. The Bertz CT molecular complexity index is 284. The van der Waals surface area contributed by atoms with Gasteiger partial charge in [-0.05, 0) is 30.0 Å². The summed E-state index contributed by atoms with van der Waals surface area (Å²) in [5.41, 5.74) is 0.829. The lowest BCUT2D eigenvalue weighted by molar-refractivity contribution is 0.366. The Hall–Kier alpha value is -1.38. The predicted octanol–water partition coefficient (Wildman–Crippen LogP) is 2.32. The van der Waals surface area contributed by atoms with Gasteiger partial charge in [-0.25, -0.2) is 0 Å². The molecule has 1 atom stereocenters. The van der Waals surface area contributed by atoms with Crippen LogP contribution in [0.1, 0.15) is 31.7 Å². The van der Waals surface area contributed by atoms with Crippen molar-refractivity contribution < 1.29 is 15.3 Å². The van der Waals surface area contributed by atoms with Crippen LogP contribution in [0.5, 0.6) is 17.2 Å². The van der Waals surface area contributed by atoms with E-state index in [-0.39, 0.29) is 17.4 Å². The molecule has 0 saturated carbocycles. The minimum Gasteiger partial charge on any atom is -0.504 e. The van der Waals surface area contributed by atoms with Crippen LogP contribution in [0.2, 0.25) is 0 Å². The Morgan fingerprint density at radius 2 is 1.62 bits per heavy atom. The second-order valence-electron chi connectivity index (χ2n) is 3.22. The molecule has 1 rings (SSSR count). The van der Waals surface area contributed by atoms with E-state index in [4.69, 9.17) is 5.11 Å². The SMILES string of the molecule is CC[C@H](C)c1cc(O)c(O)c(O)c1. The summed E-state index contributed by atoms with van der Waals surface area (Å²) in [5.74, 6) is -0.727. The molecule has 72 valence electrons. The number of phenols is 3. The van der Waals surface area contributed by atoms with Gasteiger partial charge in [0.05, 0.1) is 0 Å². The van der Waals surface area contributed by atoms with E-state index < -0.39 is 5.75 Å². The Kier molecular flexibility index (Phi) is 2.66. The van der Waals surface area contributed by atoms with E-state index in [1.807, 2.05) is 13.8 Å². The second-order valence-corrected chi connectivity index (χ2v) is 3.22. The fraction of sp³-hybridized carbons (Fsp3) is 0.400. The molecule has 0 radical (unpaired) electrons. The molecule has 0 saturated heterocycles. The molecule has 13 heavy (non-hydrogen) atoms. The third kappa shape index (κ3) is 1.86. The van der Waals surface area contributed by atoms with Gasteiger partial charge in [-0.15, -0.1) is 0 Å². The molecule has 0 bridgehead atoms. The molecule has 0 fully saturated rings. The van der Waals surface area contributed by atoms with Crippen LogP contribution in [0.15, 0.2) is 12.1 Å². The molecule has 3 N–H and O–H groups in total. The summed E-state index contributed by atoms with van der Waals surface area (Å²) in [7, 11) is 0. The summed E-state index contributed by atoms with van der Waals surface area (Å²) in [6.07, 6.45) is 0.920. The van der Waals surface area contributed by atoms with Gasteiger partial charge in [0.2, 0.25) is 0 Å². The fourth-order valence-electron chi connectivity index (χ4n) is 1.15. The van der Waals surface area contributed by atoms with Gasteiger partial charge in [-0.3, -0.25) is 0 Å². The standard InChI is InChI=1S/C10H14O3/c1-3-6(2)7-4-8(11)10(13)9(12)5-7/h4-6,11-13H,3H2,1-2H3/t6-/m0/s1. The molecule has 3 nitrogen and oxygen atoms in total. The van der Waals surface area contributed by atoms with Crippen molar-refractivity contribution in [3.05, 3.63) is 17.7 Å². The summed E-state index contributed by atoms with van der Waals surface area (Å²) in [6.45, 7) is 4.01. The summed E-state index contributed by atoms with van der Waals surface area (Å²) in [6, 6.07) is 2.95. The lowest BCUT2D eigenvalue weighted by Gasteiger charge is -2.10. The van der Waals surface area contributed by atoms with E-state index in [0.717, 1.165) is 12.0 Å². The first-order valence-corrected chi connectivity index (χ1v) is 4.31. The lowest BCUT2D eigenvalue weighted by Crippen LogP contribution is -1.90. The van der Waals surface area contributed by atoms with Crippen LogP contribution in [0.25, 0.3) is 0 Å². The van der Waals surface area contributed by atoms with Crippen LogP contribution in [0.3, 0.4) is 0 Å². The van der Waals surface area contributed by atoms with Crippen LogP contribution in [0, 0.1) is 0 Å². The number of hydrogen-bond acceptors (Lipinski definition) is 3. The summed E-state index contributed by atoms with van der Waals surface area (Å²) >= 11 is 0. The smallest absolute Gasteiger partial charge is 0.200 e. The van der Waals surface area contributed by atoms with Gasteiger partial charge in [0.25, 0.3) is 0 Å². The maximum Gasteiger partial charge on any atom is 0.200 e. The molecule has 0 amide bonds. The van der Waals surface area contributed by atoms with Crippen LogP contribution < -0.4 is 0 Å². The topological polar surface area (TPSA) is 60.7 Å². The molecular formula is C10H14O3. The maximum absolute atomic E-state index is 9.22. The second kappa shape index (κ2) is 3.56. The van der Waals surface area contributed by atoms with Gasteiger partial charge in [-0.2, -0.15) is 0 Å². The molecule has 0 spiro atoms. The van der Waals surface area contributed by atoms with E-state index in [1.165, 1.54) is 12.1 Å². The molecule has 1 aromatic carbocycles. The van der Waals surface area contributed by atoms with Crippen LogP contribution in [0.4, 0.5) is 0 Å². The largest absolute Gasteiger partial charge is 0.504 e. The highest BCUT2D eigenvalue weighted by molar-refractivity contribution is 5.51. The van der Waals surface area contributed by atoms with Gasteiger partial charge >= 0.3 is 0 Å². The minimum atomic E-state index is -0.452. The number of hydrogen-bond donors (Lipinski definition) is 3. The summed E-state index contributed by atoms with van der Waals surface area (Å²) in [4.78, 5) is 0. The molecule has 0 aliphatic heterocycles. The van der Waals surface area contributed by atoms with E-state index in [0.29, 0.717) is 0 Å². The Morgan fingerprint density at radius 1 is 1.15 bits per heavy atom. The highest BCUT2D eigenvalue weighted by Crippen LogP contribution is 2.37. The van der Waals surface area contributed by atoms with Gasteiger partial charge in [0.15, 0.2) is 17.2 Å². The average Bonchev–Trinajstić information content (AvgIpc) is 2.12. The first-order valence-electron chi connectivity index (χ1n) is 4.31. The summed E-state index contributed by atoms with van der Waals surface area (Å²) in [5, 5.41) is 27.5. The zero-order chi connectivity index (χ0) is 10.0. The van der Waals surface area contributed by atoms with Crippen molar-refractivity contribution in [1.82, 2.24) is 0 Å². The third-order valence-corrected chi connectivity index (χ3v) is 2.27. The third-order valence-electron chi connectivity index (χ3n) is 2.27. The van der Waals surface area contributed by atoms with Crippen LogP contribution in [-0.2, 0) is 0 Å². The van der Waals surface area contributed by atoms with E-state index in [2.05, 4.69) is 0 Å². The Labute approximate surface area is 77.3 Å². The highest BCUT2D eigenvalue weighted by atomic mass is 16.3. The predicted molar refractivity (Wildman–Crippen MR) is 50.1 cm³/mol. The molecule has 0 unspecified atom stereocenters. The monoisotopic (exact) mass is 182 g/mol. The van der Waals surface area contributed by atoms with Crippen molar-refractivity contribution in [2.24, 2.45) is 0 Å². The van der Waals surface area contributed by atoms with Crippen molar-refractivity contribution in [2.75, 3.05) is 0 Å². The molecule has 0 aliphatic carbocycles. The summed E-state index contributed by atoms with van der Waals surface area (Å²) < 4.78 is 0. The molecule has 0 aliphatic rings. The molecule has 0 aromatic heterocycles. The van der Waals surface area contributed by atoms with Crippen molar-refractivity contribution in [2.45, 2.75) is 26.2 Å². The molecule has 1 aromatic rings. The quantitative estimate of drug-likeness (QED) is 0.615. The van der Waals surface area contributed by atoms with Gasteiger partial charge < -0.3 is 15.3 Å². The number of benzene rings is 1. The first kappa shape index (κ1) is 9.71. The zero-order valence-corrected chi connectivity index (χ0v) is 7.78. The number of rotatable bonds is 2. The van der Waals surface area contributed by atoms with Gasteiger partial charge in [0, 0.05) is 0 Å². The Balaban J connectivity index is 3.13. The van der Waals surface area contributed by atoms with Crippen molar-refractivity contribution in [1.29, 1.82) is 0 Å². The Morgan fingerprint density at radius 3 is 2.00 bits per heavy atom. The van der Waals surface area contributed by atoms with E-state index in [9.17, 15) is 10.2 Å². The normalized spacial score (nSPS) is 12.8. The zero-order valence-electron chi connectivity index (χ0n) is 7.78. The van der Waals surface area contributed by atoms with E-state index >= 15 is 0 Å². The number of aromatic hydroxyl groups is 3. The molecular weight excluding hydrogens is 168 g/mol. The fourth-order valence-corrected chi connectivity index (χ4v) is 1.15. The maximum atomic E-state index is 9.22. The van der Waals surface area contributed by atoms with Crippen molar-refractivity contribution in [3.63, 3.8) is 0 Å². The van der Waals surface area contributed by atoms with Crippen molar-refractivity contribution in [3.8, 4) is 17.2 Å². The first-order chi connectivity index (χ1) is 6.06. The molecule has 0 heterocycles. The van der Waals surface area contributed by atoms with Gasteiger partial charge in [-0.1, -0.05) is 13.8 Å².